The van der Waals surface area contributed by atoms with E-state index in [-0.39, 0.29) is 11.4 Å². The van der Waals surface area contributed by atoms with E-state index in [1.165, 1.54) is 0 Å². The van der Waals surface area contributed by atoms with Crippen LogP contribution in [0.2, 0.25) is 0 Å². The summed E-state index contributed by atoms with van der Waals surface area (Å²) in [6, 6.07) is 0. The Morgan fingerprint density at radius 3 is 1.89 bits per heavy atom. The van der Waals surface area contributed by atoms with Crippen molar-refractivity contribution < 1.29 is 9.84 Å². The first-order valence-corrected chi connectivity index (χ1v) is 3.54. The molecule has 0 spiro atoms. The first-order valence-electron chi connectivity index (χ1n) is 2.48. The molecule has 9 heavy (non-hydrogen) atoms. The number of alkyl halides is 2. The summed E-state index contributed by atoms with van der Waals surface area (Å²) in [5.41, 5.74) is 0. The molecule has 0 saturated carbocycles. The Morgan fingerprint density at radius 2 is 1.89 bits per heavy atom. The van der Waals surface area contributed by atoms with Crippen LogP contribution in [0.5, 0.6) is 0 Å². The van der Waals surface area contributed by atoms with E-state index in [0.29, 0.717) is 6.61 Å². The highest BCUT2D eigenvalue weighted by atomic mass is 35.5. The van der Waals surface area contributed by atoms with Gasteiger partial charge in [0.05, 0.1) is 18.1 Å². The van der Waals surface area contributed by atoms with Crippen LogP contribution in [0.25, 0.3) is 0 Å². The van der Waals surface area contributed by atoms with Gasteiger partial charge in [-0.1, -0.05) is 0 Å². The molecule has 0 amide bonds. The van der Waals surface area contributed by atoms with Crippen molar-refractivity contribution >= 4 is 23.2 Å². The summed E-state index contributed by atoms with van der Waals surface area (Å²) in [4.78, 5) is 0. The number of hydrogen-bond acceptors (Lipinski definition) is 2. The minimum Gasteiger partial charge on any atom is -0.391 e. The highest BCUT2D eigenvalue weighted by Gasteiger charge is 1.87. The molecule has 0 aromatic carbocycles. The van der Waals surface area contributed by atoms with Gasteiger partial charge < -0.3 is 9.84 Å². The molecule has 1 atom stereocenters. The Bertz CT molecular complexity index is 41.9. The molecular formula is C5H12Cl2O2. The van der Waals surface area contributed by atoms with Crippen molar-refractivity contribution in [1.29, 1.82) is 0 Å². The van der Waals surface area contributed by atoms with Gasteiger partial charge >= 0.3 is 0 Å². The zero-order valence-corrected chi connectivity index (χ0v) is 7.11. The first kappa shape index (κ1) is 12.2. The third kappa shape index (κ3) is 29.3. The normalized spacial score (nSPS) is 11.7. The minimum absolute atomic E-state index is 0.194. The lowest BCUT2D eigenvalue weighted by molar-refractivity contribution is 0.0765. The molecule has 0 bridgehead atoms. The van der Waals surface area contributed by atoms with Crippen LogP contribution >= 0.6 is 23.2 Å². The number of aliphatic hydroxyl groups is 1. The fourth-order valence-corrected chi connectivity index (χ4v) is 0.241. The topological polar surface area (TPSA) is 29.5 Å². The van der Waals surface area contributed by atoms with Gasteiger partial charge in [-0.2, -0.15) is 0 Å². The molecule has 0 aliphatic heterocycles. The third-order valence-electron chi connectivity index (χ3n) is 0.408. The number of ether oxygens (including phenoxy) is 1. The summed E-state index contributed by atoms with van der Waals surface area (Å²) in [5.74, 6) is 0. The van der Waals surface area contributed by atoms with Crippen LogP contribution in [-0.2, 0) is 4.74 Å². The molecule has 1 unspecified atom stereocenters. The van der Waals surface area contributed by atoms with Crippen LogP contribution in [0.4, 0.5) is 0 Å². The van der Waals surface area contributed by atoms with E-state index in [0.717, 1.165) is 0 Å². The number of hydrogen-bond donors (Lipinski definition) is 1. The summed E-state index contributed by atoms with van der Waals surface area (Å²) >= 11 is 9.53. The van der Waals surface area contributed by atoms with Gasteiger partial charge in [-0.25, -0.2) is 0 Å². The second-order valence-electron chi connectivity index (χ2n) is 1.41. The van der Waals surface area contributed by atoms with Crippen LogP contribution < -0.4 is 0 Å². The zero-order chi connectivity index (χ0) is 7.70. The summed E-state index contributed by atoms with van der Waals surface area (Å²) in [7, 11) is 1.56. The molecule has 2 nitrogen and oxygen atoms in total. The van der Waals surface area contributed by atoms with Crippen molar-refractivity contribution in [3.8, 4) is 0 Å². The molecule has 58 valence electrons. The average Bonchev–Trinajstić information content (AvgIpc) is 1.67. The van der Waals surface area contributed by atoms with E-state index in [2.05, 4.69) is 4.74 Å². The van der Waals surface area contributed by atoms with Gasteiger partial charge in [0.15, 0.2) is 0 Å². The summed E-state index contributed by atoms with van der Waals surface area (Å²) < 4.78 is 4.55. The Kier molecular flexibility index (Phi) is 15.3. The molecule has 0 radical (unpaired) electrons. The summed E-state index contributed by atoms with van der Waals surface area (Å²) in [6.07, 6.45) is -0.324. The van der Waals surface area contributed by atoms with Gasteiger partial charge in [-0.3, -0.25) is 0 Å². The quantitative estimate of drug-likeness (QED) is 0.643. The average molecular weight is 175 g/mol. The lowest BCUT2D eigenvalue weighted by Crippen LogP contribution is -2.07. The predicted molar refractivity (Wildman–Crippen MR) is 40.1 cm³/mol. The number of aliphatic hydroxyl groups excluding tert-OH is 1. The van der Waals surface area contributed by atoms with Gasteiger partial charge in [0, 0.05) is 7.11 Å². The summed E-state index contributed by atoms with van der Waals surface area (Å²) in [6.45, 7) is 2.11. The molecule has 0 heterocycles. The molecule has 0 aromatic rings. The fourth-order valence-electron chi connectivity index (χ4n) is 0.241. The Balaban J connectivity index is 0. The molecule has 0 aliphatic rings. The van der Waals surface area contributed by atoms with Crippen molar-refractivity contribution in [3.63, 3.8) is 0 Å². The Labute approximate surface area is 65.7 Å². The number of rotatable bonds is 2. The largest absolute Gasteiger partial charge is 0.391 e. The standard InChI is InChI=1S/C4H10O2.CH2Cl2/c1-4(5)3-6-2;2-1-3/h4-5H,3H2,1-2H3;1H2. The van der Waals surface area contributed by atoms with Crippen molar-refractivity contribution in [2.45, 2.75) is 13.0 Å². The Hall–Kier alpha value is 0.500. The molecule has 1 N–H and O–H groups in total. The van der Waals surface area contributed by atoms with Crippen LogP contribution in [-0.4, -0.2) is 30.3 Å². The molecule has 0 rings (SSSR count). The Morgan fingerprint density at radius 1 is 1.56 bits per heavy atom. The maximum absolute atomic E-state index is 8.43. The SMILES string of the molecule is COCC(C)O.ClCCl. The molecule has 4 heteroatoms. The first-order chi connectivity index (χ1) is 4.18. The van der Waals surface area contributed by atoms with Crippen LogP contribution in [0.1, 0.15) is 6.92 Å². The van der Waals surface area contributed by atoms with Gasteiger partial charge in [-0.15, -0.1) is 23.2 Å². The highest BCUT2D eigenvalue weighted by molar-refractivity contribution is 6.40. The lowest BCUT2D eigenvalue weighted by atomic mass is 10.5. The lowest BCUT2D eigenvalue weighted by Gasteiger charge is -1.97. The van der Waals surface area contributed by atoms with Crippen LogP contribution in [0.3, 0.4) is 0 Å². The van der Waals surface area contributed by atoms with Crippen molar-refractivity contribution in [3.05, 3.63) is 0 Å². The molecule has 0 saturated heterocycles. The van der Waals surface area contributed by atoms with Gasteiger partial charge in [0.1, 0.15) is 0 Å². The second-order valence-corrected chi connectivity index (χ2v) is 2.21. The van der Waals surface area contributed by atoms with E-state index >= 15 is 0 Å². The predicted octanol–water partition coefficient (Wildman–Crippen LogP) is 1.44. The molecule has 0 aliphatic carbocycles. The van der Waals surface area contributed by atoms with Crippen LogP contribution in [0.15, 0.2) is 0 Å². The minimum atomic E-state index is -0.324. The second kappa shape index (κ2) is 11.3. The van der Waals surface area contributed by atoms with Crippen molar-refractivity contribution in [2.75, 3.05) is 19.1 Å². The fraction of sp³-hybridized carbons (Fsp3) is 1.00. The van der Waals surface area contributed by atoms with Crippen molar-refractivity contribution in [1.82, 2.24) is 0 Å². The van der Waals surface area contributed by atoms with Gasteiger partial charge in [-0.05, 0) is 6.92 Å². The molecule has 0 fully saturated rings. The van der Waals surface area contributed by atoms with Gasteiger partial charge in [0.2, 0.25) is 0 Å². The monoisotopic (exact) mass is 174 g/mol. The third-order valence-corrected chi connectivity index (χ3v) is 0.408. The number of halogens is 2. The number of methoxy groups -OCH3 is 1. The van der Waals surface area contributed by atoms with E-state index in [4.69, 9.17) is 28.3 Å². The molecular weight excluding hydrogens is 163 g/mol. The maximum Gasteiger partial charge on any atom is 0.0967 e. The van der Waals surface area contributed by atoms with Gasteiger partial charge in [0.25, 0.3) is 0 Å². The smallest absolute Gasteiger partial charge is 0.0967 e. The van der Waals surface area contributed by atoms with E-state index < -0.39 is 0 Å². The van der Waals surface area contributed by atoms with Crippen molar-refractivity contribution in [2.24, 2.45) is 0 Å². The zero-order valence-electron chi connectivity index (χ0n) is 5.60. The van der Waals surface area contributed by atoms with E-state index in [1.54, 1.807) is 14.0 Å². The summed E-state index contributed by atoms with van der Waals surface area (Å²) in [5, 5.41) is 8.62. The molecule has 0 aromatic heterocycles. The van der Waals surface area contributed by atoms with E-state index in [1.807, 2.05) is 0 Å². The van der Waals surface area contributed by atoms with Crippen LogP contribution in [0, 0.1) is 0 Å². The maximum atomic E-state index is 8.43. The highest BCUT2D eigenvalue weighted by Crippen LogP contribution is 1.75. The van der Waals surface area contributed by atoms with E-state index in [9.17, 15) is 0 Å².